The minimum absolute atomic E-state index is 0.623. The van der Waals surface area contributed by atoms with Crippen molar-refractivity contribution in [2.75, 3.05) is 0 Å². The third-order valence-corrected chi connectivity index (χ3v) is 4.06. The molecule has 1 aromatic carbocycles. The summed E-state index contributed by atoms with van der Waals surface area (Å²) in [4.78, 5) is 0. The summed E-state index contributed by atoms with van der Waals surface area (Å²) in [6.07, 6.45) is 6.21. The second kappa shape index (κ2) is 3.90. The highest BCUT2D eigenvalue weighted by Crippen LogP contribution is 2.36. The first-order valence-electron chi connectivity index (χ1n) is 5.78. The van der Waals surface area contributed by atoms with Gasteiger partial charge in [0.1, 0.15) is 0 Å². The normalized spacial score (nSPS) is 16.6. The highest BCUT2D eigenvalue weighted by Gasteiger charge is 2.21. The molecule has 1 aliphatic rings. The predicted octanol–water partition coefficient (Wildman–Crippen LogP) is 3.59. The van der Waals surface area contributed by atoms with E-state index in [1.165, 1.54) is 35.7 Å². The molecule has 2 aromatic rings. The quantitative estimate of drug-likeness (QED) is 0.894. The predicted molar refractivity (Wildman–Crippen MR) is 70.4 cm³/mol. The minimum atomic E-state index is 0.623. The summed E-state index contributed by atoms with van der Waals surface area (Å²) < 4.78 is 3.55. The summed E-state index contributed by atoms with van der Waals surface area (Å²) in [5.74, 6) is 0. The second-order valence-corrected chi connectivity index (χ2v) is 5.43. The molecule has 1 fully saturated rings. The van der Waals surface area contributed by atoms with Gasteiger partial charge in [-0.2, -0.15) is 0 Å². The Morgan fingerprint density at radius 2 is 2.19 bits per heavy atom. The molecule has 84 valence electrons. The molecule has 1 aliphatic carbocycles. The number of fused-ring (bicyclic) bond motifs is 1. The maximum absolute atomic E-state index is 5.80. The Labute approximate surface area is 104 Å². The van der Waals surface area contributed by atoms with Gasteiger partial charge in [-0.05, 0) is 37.0 Å². The number of hydrogen-bond donors (Lipinski definition) is 1. The average molecular weight is 279 g/mol. The first-order valence-corrected chi connectivity index (χ1v) is 6.58. The lowest BCUT2D eigenvalue weighted by molar-refractivity contribution is 0.321. The van der Waals surface area contributed by atoms with Gasteiger partial charge in [0.05, 0.1) is 0 Å². The summed E-state index contributed by atoms with van der Waals surface area (Å²) in [6.45, 7) is 0.623. The molecule has 0 atom stereocenters. The van der Waals surface area contributed by atoms with Crippen molar-refractivity contribution >= 4 is 26.8 Å². The van der Waals surface area contributed by atoms with E-state index in [1.807, 2.05) is 0 Å². The van der Waals surface area contributed by atoms with Crippen molar-refractivity contribution in [1.82, 2.24) is 4.57 Å². The van der Waals surface area contributed by atoms with E-state index in [0.29, 0.717) is 12.6 Å². The zero-order valence-corrected chi connectivity index (χ0v) is 10.7. The van der Waals surface area contributed by atoms with Gasteiger partial charge in [0.2, 0.25) is 0 Å². The molecule has 0 bridgehead atoms. The Bertz CT molecular complexity index is 526. The molecule has 3 heteroatoms. The van der Waals surface area contributed by atoms with Crippen LogP contribution in [0.3, 0.4) is 0 Å². The molecule has 0 radical (unpaired) electrons. The smallest absolute Gasteiger partial charge is 0.0497 e. The van der Waals surface area contributed by atoms with Crippen molar-refractivity contribution in [2.45, 2.75) is 31.8 Å². The maximum Gasteiger partial charge on any atom is 0.0497 e. The second-order valence-electron chi connectivity index (χ2n) is 4.51. The number of aromatic nitrogens is 1. The Morgan fingerprint density at radius 3 is 2.81 bits per heavy atom. The largest absolute Gasteiger partial charge is 0.344 e. The molecule has 0 saturated heterocycles. The molecular weight excluding hydrogens is 264 g/mol. The fourth-order valence-electron chi connectivity index (χ4n) is 2.43. The standard InChI is InChI=1S/C13H15BrN2/c14-10-4-5-12-9(7-15)8-16(13(12)6-10)11-2-1-3-11/h4-6,8,11H,1-3,7,15H2. The van der Waals surface area contributed by atoms with Gasteiger partial charge >= 0.3 is 0 Å². The van der Waals surface area contributed by atoms with Crippen molar-refractivity contribution in [3.05, 3.63) is 34.4 Å². The van der Waals surface area contributed by atoms with E-state index in [2.05, 4.69) is 44.9 Å². The van der Waals surface area contributed by atoms with Crippen LogP contribution >= 0.6 is 15.9 Å². The summed E-state index contributed by atoms with van der Waals surface area (Å²) in [5.41, 5.74) is 8.38. The van der Waals surface area contributed by atoms with Crippen LogP contribution in [0.25, 0.3) is 10.9 Å². The van der Waals surface area contributed by atoms with Gasteiger partial charge in [0.15, 0.2) is 0 Å². The third kappa shape index (κ3) is 1.50. The number of hydrogen-bond acceptors (Lipinski definition) is 1. The summed E-state index contributed by atoms with van der Waals surface area (Å²) in [5, 5.41) is 1.30. The molecule has 16 heavy (non-hydrogen) atoms. The summed E-state index contributed by atoms with van der Waals surface area (Å²) >= 11 is 3.54. The van der Waals surface area contributed by atoms with Gasteiger partial charge in [-0.15, -0.1) is 0 Å². The molecule has 1 saturated carbocycles. The van der Waals surface area contributed by atoms with Gasteiger partial charge < -0.3 is 10.3 Å². The van der Waals surface area contributed by atoms with Crippen molar-refractivity contribution < 1.29 is 0 Å². The van der Waals surface area contributed by atoms with E-state index in [0.717, 1.165) is 4.47 Å². The van der Waals surface area contributed by atoms with Gasteiger partial charge in [-0.1, -0.05) is 22.0 Å². The third-order valence-electron chi connectivity index (χ3n) is 3.57. The van der Waals surface area contributed by atoms with Crippen LogP contribution < -0.4 is 5.73 Å². The number of benzene rings is 1. The topological polar surface area (TPSA) is 30.9 Å². The Morgan fingerprint density at radius 1 is 1.38 bits per heavy atom. The lowest BCUT2D eigenvalue weighted by atomic mass is 9.93. The van der Waals surface area contributed by atoms with E-state index < -0.39 is 0 Å². The van der Waals surface area contributed by atoms with E-state index in [9.17, 15) is 0 Å². The summed E-state index contributed by atoms with van der Waals surface area (Å²) in [6, 6.07) is 7.15. The van der Waals surface area contributed by atoms with E-state index >= 15 is 0 Å². The molecule has 0 unspecified atom stereocenters. The molecule has 1 heterocycles. The van der Waals surface area contributed by atoms with Crippen LogP contribution in [0, 0.1) is 0 Å². The molecule has 1 aromatic heterocycles. The molecular formula is C13H15BrN2. The van der Waals surface area contributed by atoms with Crippen molar-refractivity contribution in [2.24, 2.45) is 5.73 Å². The van der Waals surface area contributed by atoms with Gasteiger partial charge in [-0.3, -0.25) is 0 Å². The molecule has 3 rings (SSSR count). The van der Waals surface area contributed by atoms with Crippen LogP contribution in [0.5, 0.6) is 0 Å². The van der Waals surface area contributed by atoms with Crippen LogP contribution in [-0.4, -0.2) is 4.57 Å². The minimum Gasteiger partial charge on any atom is -0.344 e. The number of rotatable bonds is 2. The Hall–Kier alpha value is -0.800. The van der Waals surface area contributed by atoms with Crippen LogP contribution in [0.4, 0.5) is 0 Å². The molecule has 2 nitrogen and oxygen atoms in total. The van der Waals surface area contributed by atoms with Crippen molar-refractivity contribution in [3.63, 3.8) is 0 Å². The number of nitrogens with two attached hydrogens (primary N) is 1. The van der Waals surface area contributed by atoms with Crippen LogP contribution in [0.1, 0.15) is 30.9 Å². The lowest BCUT2D eigenvalue weighted by Crippen LogP contribution is -2.15. The van der Waals surface area contributed by atoms with E-state index in [1.54, 1.807) is 0 Å². The van der Waals surface area contributed by atoms with E-state index in [-0.39, 0.29) is 0 Å². The SMILES string of the molecule is NCc1cn(C2CCC2)c2cc(Br)ccc12. The first-order chi connectivity index (χ1) is 7.79. The molecule has 0 spiro atoms. The fourth-order valence-corrected chi connectivity index (χ4v) is 2.78. The number of halogens is 1. The molecule has 0 aliphatic heterocycles. The van der Waals surface area contributed by atoms with Crippen LogP contribution in [-0.2, 0) is 6.54 Å². The zero-order valence-electron chi connectivity index (χ0n) is 9.12. The van der Waals surface area contributed by atoms with E-state index in [4.69, 9.17) is 5.73 Å². The number of nitrogens with zero attached hydrogens (tertiary/aromatic N) is 1. The summed E-state index contributed by atoms with van der Waals surface area (Å²) in [7, 11) is 0. The highest BCUT2D eigenvalue weighted by molar-refractivity contribution is 9.10. The zero-order chi connectivity index (χ0) is 11.1. The van der Waals surface area contributed by atoms with Crippen molar-refractivity contribution in [3.8, 4) is 0 Å². The molecule has 0 amide bonds. The maximum atomic E-state index is 5.80. The lowest BCUT2D eigenvalue weighted by Gasteiger charge is -2.28. The van der Waals surface area contributed by atoms with Crippen LogP contribution in [0.15, 0.2) is 28.9 Å². The fraction of sp³-hybridized carbons (Fsp3) is 0.385. The van der Waals surface area contributed by atoms with Crippen LogP contribution in [0.2, 0.25) is 0 Å². The Balaban J connectivity index is 2.22. The monoisotopic (exact) mass is 278 g/mol. The average Bonchev–Trinajstić information content (AvgIpc) is 2.54. The van der Waals surface area contributed by atoms with Gasteiger partial charge in [-0.25, -0.2) is 0 Å². The van der Waals surface area contributed by atoms with Gasteiger partial charge in [0, 0.05) is 34.2 Å². The first kappa shape index (κ1) is 10.4. The Kier molecular flexibility index (Phi) is 2.52. The highest BCUT2D eigenvalue weighted by atomic mass is 79.9. The van der Waals surface area contributed by atoms with Gasteiger partial charge in [0.25, 0.3) is 0 Å². The van der Waals surface area contributed by atoms with Crippen molar-refractivity contribution in [1.29, 1.82) is 0 Å². The molecule has 2 N–H and O–H groups in total.